The van der Waals surface area contributed by atoms with Gasteiger partial charge in [0.2, 0.25) is 0 Å². The molecule has 0 spiro atoms. The van der Waals surface area contributed by atoms with Crippen molar-refractivity contribution in [2.24, 2.45) is 0 Å². The van der Waals surface area contributed by atoms with Crippen LogP contribution in [0.25, 0.3) is 16.9 Å². The first kappa shape index (κ1) is 16.1. The maximum atomic E-state index is 13.2. The maximum Gasteiger partial charge on any atom is 0.143 e. The van der Waals surface area contributed by atoms with Crippen molar-refractivity contribution in [2.75, 3.05) is 5.32 Å². The number of aryl methyl sites for hydroxylation is 1. The number of aromatic nitrogens is 2. The van der Waals surface area contributed by atoms with Crippen LogP contribution in [0.5, 0.6) is 0 Å². The Labute approximate surface area is 158 Å². The van der Waals surface area contributed by atoms with Crippen molar-refractivity contribution in [3.8, 4) is 11.3 Å². The molecule has 0 amide bonds. The van der Waals surface area contributed by atoms with Gasteiger partial charge < -0.3 is 5.32 Å². The summed E-state index contributed by atoms with van der Waals surface area (Å²) in [6.07, 6.45) is 0. The van der Waals surface area contributed by atoms with E-state index in [-0.39, 0.29) is 5.82 Å². The van der Waals surface area contributed by atoms with Crippen LogP contribution in [-0.4, -0.2) is 9.38 Å². The van der Waals surface area contributed by atoms with Crippen LogP contribution in [0, 0.1) is 16.3 Å². The molecule has 0 aliphatic heterocycles. The van der Waals surface area contributed by atoms with Gasteiger partial charge in [-0.15, -0.1) is 0 Å². The molecular formula is C20H15FIN3. The number of halogens is 2. The van der Waals surface area contributed by atoms with Crippen LogP contribution in [0.4, 0.5) is 15.9 Å². The molecule has 25 heavy (non-hydrogen) atoms. The molecular weight excluding hydrogens is 428 g/mol. The van der Waals surface area contributed by atoms with Gasteiger partial charge in [-0.1, -0.05) is 24.3 Å². The highest BCUT2D eigenvalue weighted by Gasteiger charge is 2.17. The summed E-state index contributed by atoms with van der Waals surface area (Å²) in [6.45, 7) is 2.05. The van der Waals surface area contributed by atoms with E-state index in [9.17, 15) is 4.39 Å². The quantitative estimate of drug-likeness (QED) is 0.406. The number of rotatable bonds is 3. The van der Waals surface area contributed by atoms with Crippen LogP contribution in [0.3, 0.4) is 0 Å². The first-order valence-corrected chi connectivity index (χ1v) is 8.97. The highest BCUT2D eigenvalue weighted by molar-refractivity contribution is 14.1. The van der Waals surface area contributed by atoms with Crippen molar-refractivity contribution >= 4 is 39.7 Å². The highest BCUT2D eigenvalue weighted by atomic mass is 127. The smallest absolute Gasteiger partial charge is 0.143 e. The molecule has 124 valence electrons. The molecule has 2 heterocycles. The lowest BCUT2D eigenvalue weighted by Crippen LogP contribution is -1.99. The minimum absolute atomic E-state index is 0.252. The van der Waals surface area contributed by atoms with Crippen molar-refractivity contribution in [3.05, 3.63) is 81.8 Å². The summed E-state index contributed by atoms with van der Waals surface area (Å²) < 4.78 is 16.4. The Balaban J connectivity index is 1.95. The summed E-state index contributed by atoms with van der Waals surface area (Å²) >= 11 is 2.32. The van der Waals surface area contributed by atoms with Crippen molar-refractivity contribution in [1.29, 1.82) is 0 Å². The van der Waals surface area contributed by atoms with E-state index in [1.54, 1.807) is 12.1 Å². The normalized spacial score (nSPS) is 11.0. The Morgan fingerprint density at radius 2 is 1.72 bits per heavy atom. The van der Waals surface area contributed by atoms with Crippen LogP contribution in [-0.2, 0) is 0 Å². The second-order valence-corrected chi connectivity index (χ2v) is 6.94. The fourth-order valence-corrected chi connectivity index (χ4v) is 3.52. The Kier molecular flexibility index (Phi) is 4.17. The minimum atomic E-state index is -0.252. The molecule has 4 rings (SSSR count). The molecule has 2 aromatic heterocycles. The van der Waals surface area contributed by atoms with E-state index in [0.29, 0.717) is 0 Å². The Bertz CT molecular complexity index is 1050. The Morgan fingerprint density at radius 3 is 2.48 bits per heavy atom. The van der Waals surface area contributed by atoms with Crippen molar-refractivity contribution in [2.45, 2.75) is 6.92 Å². The molecule has 0 saturated carbocycles. The van der Waals surface area contributed by atoms with Crippen LogP contribution in [0.2, 0.25) is 0 Å². The fraction of sp³-hybridized carbons (Fsp3) is 0.0500. The molecule has 0 saturated heterocycles. The Morgan fingerprint density at radius 1 is 0.960 bits per heavy atom. The number of pyridine rings is 1. The van der Waals surface area contributed by atoms with Gasteiger partial charge in [-0.2, -0.15) is 0 Å². The minimum Gasteiger partial charge on any atom is -0.339 e. The van der Waals surface area contributed by atoms with E-state index in [4.69, 9.17) is 4.98 Å². The summed E-state index contributed by atoms with van der Waals surface area (Å²) in [5.74, 6) is 0.626. The maximum absolute atomic E-state index is 13.2. The van der Waals surface area contributed by atoms with Gasteiger partial charge in [0.15, 0.2) is 0 Å². The summed E-state index contributed by atoms with van der Waals surface area (Å²) in [5, 5.41) is 3.42. The summed E-state index contributed by atoms with van der Waals surface area (Å²) in [5.41, 5.74) is 4.71. The summed E-state index contributed by atoms with van der Waals surface area (Å²) in [6, 6.07) is 20.5. The molecule has 5 heteroatoms. The highest BCUT2D eigenvalue weighted by Crippen LogP contribution is 2.34. The van der Waals surface area contributed by atoms with Gasteiger partial charge in [0.05, 0.1) is 0 Å². The van der Waals surface area contributed by atoms with Gasteiger partial charge in [-0.25, -0.2) is 9.37 Å². The fourth-order valence-electron chi connectivity index (χ4n) is 2.88. The molecule has 0 bridgehead atoms. The zero-order chi connectivity index (χ0) is 17.4. The number of hydrogen-bond donors (Lipinski definition) is 1. The standard InChI is InChI=1S/C20H15FIN3/c1-13-5-4-8-18-24-19(16-6-2-3-7-17(16)22)20(25(13)18)23-15-11-9-14(21)10-12-15/h2-12,23H,1H3. The third kappa shape index (κ3) is 3.00. The van der Waals surface area contributed by atoms with Gasteiger partial charge in [-0.05, 0) is 72.0 Å². The first-order valence-electron chi connectivity index (χ1n) is 7.89. The molecule has 0 atom stereocenters. The number of anilines is 2. The number of nitrogens with zero attached hydrogens (tertiary/aromatic N) is 2. The molecule has 1 N–H and O–H groups in total. The Hall–Kier alpha value is -2.41. The predicted molar refractivity (Wildman–Crippen MR) is 108 cm³/mol. The molecule has 4 aromatic rings. The van der Waals surface area contributed by atoms with E-state index in [0.717, 1.165) is 37.7 Å². The molecule has 0 aliphatic rings. The average Bonchev–Trinajstić information content (AvgIpc) is 2.97. The van der Waals surface area contributed by atoms with Crippen molar-refractivity contribution in [1.82, 2.24) is 9.38 Å². The summed E-state index contributed by atoms with van der Waals surface area (Å²) in [7, 11) is 0. The zero-order valence-corrected chi connectivity index (χ0v) is 15.7. The predicted octanol–water partition coefficient (Wildman–Crippen LogP) is 5.80. The van der Waals surface area contributed by atoms with Gasteiger partial charge in [0, 0.05) is 20.5 Å². The van der Waals surface area contributed by atoms with E-state index in [2.05, 4.69) is 44.4 Å². The van der Waals surface area contributed by atoms with Crippen LogP contribution in [0.15, 0.2) is 66.7 Å². The van der Waals surface area contributed by atoms with Gasteiger partial charge in [-0.3, -0.25) is 4.40 Å². The second-order valence-electron chi connectivity index (χ2n) is 5.78. The monoisotopic (exact) mass is 443 g/mol. The third-order valence-corrected chi connectivity index (χ3v) is 5.02. The largest absolute Gasteiger partial charge is 0.339 e. The molecule has 0 unspecified atom stereocenters. The van der Waals surface area contributed by atoms with Crippen molar-refractivity contribution in [3.63, 3.8) is 0 Å². The SMILES string of the molecule is Cc1cccc2nc(-c3ccccc3I)c(Nc3ccc(F)cc3)n12. The number of imidazole rings is 1. The van der Waals surface area contributed by atoms with Crippen LogP contribution in [0.1, 0.15) is 5.69 Å². The second kappa shape index (κ2) is 6.48. The van der Waals surface area contributed by atoms with Crippen molar-refractivity contribution < 1.29 is 4.39 Å². The van der Waals surface area contributed by atoms with Gasteiger partial charge in [0.25, 0.3) is 0 Å². The van der Waals surface area contributed by atoms with E-state index in [1.165, 1.54) is 12.1 Å². The van der Waals surface area contributed by atoms with Crippen LogP contribution < -0.4 is 5.32 Å². The number of benzene rings is 2. The number of nitrogens with one attached hydrogen (secondary N) is 1. The van der Waals surface area contributed by atoms with Gasteiger partial charge >= 0.3 is 0 Å². The molecule has 2 aromatic carbocycles. The molecule has 0 radical (unpaired) electrons. The van der Waals surface area contributed by atoms with E-state index >= 15 is 0 Å². The number of hydrogen-bond acceptors (Lipinski definition) is 2. The van der Waals surface area contributed by atoms with E-state index in [1.807, 2.05) is 37.3 Å². The van der Waals surface area contributed by atoms with Crippen LogP contribution >= 0.6 is 22.6 Å². The average molecular weight is 443 g/mol. The first-order chi connectivity index (χ1) is 12.1. The topological polar surface area (TPSA) is 29.3 Å². The lowest BCUT2D eigenvalue weighted by atomic mass is 10.1. The summed E-state index contributed by atoms with van der Waals surface area (Å²) in [4.78, 5) is 4.84. The third-order valence-electron chi connectivity index (χ3n) is 4.07. The molecule has 0 fully saturated rings. The molecule has 0 aliphatic carbocycles. The van der Waals surface area contributed by atoms with Gasteiger partial charge in [0.1, 0.15) is 23.0 Å². The lowest BCUT2D eigenvalue weighted by molar-refractivity contribution is 0.628. The molecule has 3 nitrogen and oxygen atoms in total. The lowest BCUT2D eigenvalue weighted by Gasteiger charge is -2.11. The van der Waals surface area contributed by atoms with E-state index < -0.39 is 0 Å². The number of fused-ring (bicyclic) bond motifs is 1. The zero-order valence-electron chi connectivity index (χ0n) is 13.5.